The van der Waals surface area contributed by atoms with Gasteiger partial charge in [0.2, 0.25) is 5.91 Å². The zero-order chi connectivity index (χ0) is 14.2. The highest BCUT2D eigenvalue weighted by Crippen LogP contribution is 2.14. The maximum absolute atomic E-state index is 12.1. The normalized spacial score (nSPS) is 11.9. The second kappa shape index (κ2) is 8.63. The summed E-state index contributed by atoms with van der Waals surface area (Å²) < 4.78 is 63.6. The molecule has 0 radical (unpaired) electrons. The summed E-state index contributed by atoms with van der Waals surface area (Å²) >= 11 is 3.00. The van der Waals surface area contributed by atoms with E-state index in [2.05, 4.69) is 20.7 Å². The number of carbonyl (C=O) groups is 1. The monoisotopic (exact) mass is 341 g/mol. The molecule has 9 heteroatoms. The Balaban J connectivity index is 3.95. The number of hydrogen-bond donors (Lipinski definition) is 0. The molecule has 0 unspecified atom stereocenters. The van der Waals surface area contributed by atoms with Crippen LogP contribution >= 0.6 is 15.9 Å². The summed E-state index contributed by atoms with van der Waals surface area (Å²) in [6, 6.07) is 0. The SMILES string of the molecule is O=C(CCOCC(F)(F)F)N(CCBr)CC(F)F. The number of carbonyl (C=O) groups excluding carboxylic acids is 1. The third kappa shape index (κ3) is 9.58. The number of nitrogens with zero attached hydrogens (tertiary/aromatic N) is 1. The Labute approximate surface area is 109 Å². The van der Waals surface area contributed by atoms with Crippen molar-refractivity contribution in [3.8, 4) is 0 Å². The van der Waals surface area contributed by atoms with E-state index in [9.17, 15) is 26.7 Å². The van der Waals surface area contributed by atoms with Crippen LogP contribution in [0.4, 0.5) is 22.0 Å². The van der Waals surface area contributed by atoms with Crippen molar-refractivity contribution in [3.63, 3.8) is 0 Å². The minimum atomic E-state index is -4.46. The Hall–Kier alpha value is -0.440. The van der Waals surface area contributed by atoms with Crippen LogP contribution in [0.3, 0.4) is 0 Å². The lowest BCUT2D eigenvalue weighted by Gasteiger charge is -2.21. The molecule has 0 aromatic carbocycles. The van der Waals surface area contributed by atoms with Gasteiger partial charge < -0.3 is 9.64 Å². The van der Waals surface area contributed by atoms with Crippen molar-refractivity contribution in [2.45, 2.75) is 19.0 Å². The van der Waals surface area contributed by atoms with Crippen molar-refractivity contribution in [1.82, 2.24) is 4.90 Å². The molecule has 0 saturated heterocycles. The molecule has 0 heterocycles. The molecule has 0 aromatic rings. The van der Waals surface area contributed by atoms with Gasteiger partial charge >= 0.3 is 6.18 Å². The van der Waals surface area contributed by atoms with Crippen LogP contribution in [-0.4, -0.2) is 55.0 Å². The largest absolute Gasteiger partial charge is 0.411 e. The van der Waals surface area contributed by atoms with Gasteiger partial charge in [0.05, 0.1) is 19.6 Å². The van der Waals surface area contributed by atoms with E-state index in [-0.39, 0.29) is 13.0 Å². The fraction of sp³-hybridized carbons (Fsp3) is 0.889. The molecule has 0 aliphatic heterocycles. The zero-order valence-electron chi connectivity index (χ0n) is 9.35. The standard InChI is InChI=1S/C9H13BrF5NO2/c10-2-3-16(5-7(11)12)8(17)1-4-18-6-9(13,14)15/h7H,1-6H2. The predicted octanol–water partition coefficient (Wildman–Crippen LogP) is 2.44. The quantitative estimate of drug-likeness (QED) is 0.385. The Morgan fingerprint density at radius 1 is 1.33 bits per heavy atom. The molecule has 0 aliphatic carbocycles. The van der Waals surface area contributed by atoms with Gasteiger partial charge in [-0.25, -0.2) is 8.78 Å². The first-order chi connectivity index (χ1) is 8.26. The third-order valence-electron chi connectivity index (χ3n) is 1.79. The van der Waals surface area contributed by atoms with Crippen LogP contribution in [0, 0.1) is 0 Å². The molecule has 0 bridgehead atoms. The average Bonchev–Trinajstić information content (AvgIpc) is 2.21. The molecule has 0 saturated carbocycles. The van der Waals surface area contributed by atoms with Gasteiger partial charge in [0.25, 0.3) is 6.43 Å². The van der Waals surface area contributed by atoms with E-state index in [4.69, 9.17) is 0 Å². The number of halogens is 6. The zero-order valence-corrected chi connectivity index (χ0v) is 10.9. The van der Waals surface area contributed by atoms with Crippen molar-refractivity contribution < 1.29 is 31.5 Å². The highest BCUT2D eigenvalue weighted by Gasteiger charge is 2.27. The molecular formula is C9H13BrF5NO2. The minimum Gasteiger partial charge on any atom is -0.372 e. The molecule has 0 rings (SSSR count). The lowest BCUT2D eigenvalue weighted by Crippen LogP contribution is -2.37. The van der Waals surface area contributed by atoms with Crippen LogP contribution in [0.5, 0.6) is 0 Å². The van der Waals surface area contributed by atoms with Gasteiger partial charge in [-0.2, -0.15) is 13.2 Å². The van der Waals surface area contributed by atoms with E-state index in [1.807, 2.05) is 0 Å². The van der Waals surface area contributed by atoms with Gasteiger partial charge in [0.1, 0.15) is 6.61 Å². The molecule has 0 aliphatic rings. The van der Waals surface area contributed by atoms with Crippen LogP contribution in [0.25, 0.3) is 0 Å². The molecular weight excluding hydrogens is 329 g/mol. The van der Waals surface area contributed by atoms with Gasteiger partial charge in [-0.1, -0.05) is 15.9 Å². The molecule has 0 N–H and O–H groups in total. The molecule has 1 amide bonds. The summed E-state index contributed by atoms with van der Waals surface area (Å²) in [5, 5.41) is 0.314. The first-order valence-corrected chi connectivity index (χ1v) is 6.15. The Morgan fingerprint density at radius 3 is 2.39 bits per heavy atom. The Kier molecular flexibility index (Phi) is 8.41. The van der Waals surface area contributed by atoms with Crippen molar-refractivity contribution in [2.24, 2.45) is 0 Å². The van der Waals surface area contributed by atoms with E-state index < -0.39 is 38.3 Å². The van der Waals surface area contributed by atoms with Crippen LogP contribution in [0.1, 0.15) is 6.42 Å². The second-order valence-electron chi connectivity index (χ2n) is 3.34. The fourth-order valence-corrected chi connectivity index (χ4v) is 1.52. The Morgan fingerprint density at radius 2 is 1.94 bits per heavy atom. The van der Waals surface area contributed by atoms with Crippen LogP contribution < -0.4 is 0 Å². The first kappa shape index (κ1) is 17.6. The number of hydrogen-bond acceptors (Lipinski definition) is 2. The first-order valence-electron chi connectivity index (χ1n) is 5.02. The summed E-state index contributed by atoms with van der Waals surface area (Å²) in [7, 11) is 0. The molecule has 0 aromatic heterocycles. The van der Waals surface area contributed by atoms with Gasteiger partial charge in [-0.15, -0.1) is 0 Å². The fourth-order valence-electron chi connectivity index (χ4n) is 1.09. The topological polar surface area (TPSA) is 29.5 Å². The lowest BCUT2D eigenvalue weighted by molar-refractivity contribution is -0.175. The highest BCUT2D eigenvalue weighted by molar-refractivity contribution is 9.09. The van der Waals surface area contributed by atoms with Gasteiger partial charge in [-0.3, -0.25) is 4.79 Å². The highest BCUT2D eigenvalue weighted by atomic mass is 79.9. The van der Waals surface area contributed by atoms with E-state index in [1.165, 1.54) is 0 Å². The van der Waals surface area contributed by atoms with E-state index in [1.54, 1.807) is 0 Å². The van der Waals surface area contributed by atoms with Crippen molar-refractivity contribution in [2.75, 3.05) is 31.6 Å². The molecule has 0 fully saturated rings. The summed E-state index contributed by atoms with van der Waals surface area (Å²) in [6.07, 6.45) is -7.48. The summed E-state index contributed by atoms with van der Waals surface area (Å²) in [4.78, 5) is 12.3. The second-order valence-corrected chi connectivity index (χ2v) is 4.13. The van der Waals surface area contributed by atoms with Gasteiger partial charge in [0.15, 0.2) is 0 Å². The predicted molar refractivity (Wildman–Crippen MR) is 57.9 cm³/mol. The van der Waals surface area contributed by atoms with Crippen molar-refractivity contribution in [1.29, 1.82) is 0 Å². The average molecular weight is 342 g/mol. The number of rotatable bonds is 8. The Bertz CT molecular complexity index is 250. The maximum Gasteiger partial charge on any atom is 0.411 e. The molecule has 18 heavy (non-hydrogen) atoms. The maximum atomic E-state index is 12.1. The van der Waals surface area contributed by atoms with Gasteiger partial charge in [-0.05, 0) is 0 Å². The molecule has 0 spiro atoms. The summed E-state index contributed by atoms with van der Waals surface area (Å²) in [5.74, 6) is -0.656. The molecule has 108 valence electrons. The molecule has 0 atom stereocenters. The summed E-state index contributed by atoms with van der Waals surface area (Å²) in [6.45, 7) is -2.56. The lowest BCUT2D eigenvalue weighted by atomic mass is 10.3. The number of ether oxygens (including phenoxy) is 1. The van der Waals surface area contributed by atoms with E-state index >= 15 is 0 Å². The van der Waals surface area contributed by atoms with Crippen LogP contribution in [-0.2, 0) is 9.53 Å². The van der Waals surface area contributed by atoms with Crippen molar-refractivity contribution >= 4 is 21.8 Å². The van der Waals surface area contributed by atoms with Gasteiger partial charge in [0, 0.05) is 11.9 Å². The van der Waals surface area contributed by atoms with Crippen LogP contribution in [0.15, 0.2) is 0 Å². The van der Waals surface area contributed by atoms with Crippen molar-refractivity contribution in [3.05, 3.63) is 0 Å². The smallest absolute Gasteiger partial charge is 0.372 e. The van der Waals surface area contributed by atoms with Crippen LogP contribution in [0.2, 0.25) is 0 Å². The number of alkyl halides is 6. The third-order valence-corrected chi connectivity index (χ3v) is 2.15. The van der Waals surface area contributed by atoms with E-state index in [0.717, 1.165) is 4.90 Å². The molecule has 3 nitrogen and oxygen atoms in total. The number of amides is 1. The van der Waals surface area contributed by atoms with E-state index in [0.29, 0.717) is 5.33 Å². The summed E-state index contributed by atoms with van der Waals surface area (Å²) in [5.41, 5.74) is 0. The minimum absolute atomic E-state index is 0.0719.